The third kappa shape index (κ3) is 1.62. The van der Waals surface area contributed by atoms with Crippen molar-refractivity contribution in [2.45, 2.75) is 19.3 Å². The number of hydrogen-bond donors (Lipinski definition) is 0. The second kappa shape index (κ2) is 4.66. The summed E-state index contributed by atoms with van der Waals surface area (Å²) >= 11 is 0. The molecular weight excluding hydrogens is 282 g/mol. The third-order valence-electron chi connectivity index (χ3n) is 5.48. The van der Waals surface area contributed by atoms with Gasteiger partial charge in [0.2, 0.25) is 11.8 Å². The second-order valence-electron chi connectivity index (χ2n) is 6.41. The highest BCUT2D eigenvalue weighted by molar-refractivity contribution is 6.24. The van der Waals surface area contributed by atoms with E-state index in [1.165, 1.54) is 12.0 Å². The van der Waals surface area contributed by atoms with Crippen molar-refractivity contribution >= 4 is 23.5 Å². The van der Waals surface area contributed by atoms with Gasteiger partial charge in [-0.1, -0.05) is 12.1 Å². The molecule has 1 saturated heterocycles. The molecule has 5 heteroatoms. The summed E-state index contributed by atoms with van der Waals surface area (Å²) in [7, 11) is 1.29. The second-order valence-corrected chi connectivity index (χ2v) is 6.41. The SMILES string of the molecule is COC(=O)c1ccccc1N1C(=O)[C@@H]2[C@@H]3CC[C@@H](C3)[C@@H]2C1=O. The molecule has 0 spiro atoms. The fraction of sp³-hybridized carbons (Fsp3) is 0.471. The molecule has 22 heavy (non-hydrogen) atoms. The van der Waals surface area contributed by atoms with E-state index in [0.717, 1.165) is 19.3 Å². The Balaban J connectivity index is 1.77. The molecule has 2 amide bonds. The van der Waals surface area contributed by atoms with Crippen molar-refractivity contribution in [2.75, 3.05) is 12.0 Å². The van der Waals surface area contributed by atoms with Crippen LogP contribution < -0.4 is 4.90 Å². The molecule has 2 aliphatic carbocycles. The molecule has 0 aromatic heterocycles. The number of benzene rings is 1. The third-order valence-corrected chi connectivity index (χ3v) is 5.48. The lowest BCUT2D eigenvalue weighted by molar-refractivity contribution is -0.123. The molecule has 4 atom stereocenters. The van der Waals surface area contributed by atoms with Crippen molar-refractivity contribution in [1.82, 2.24) is 0 Å². The smallest absolute Gasteiger partial charge is 0.339 e. The number of imide groups is 1. The zero-order valence-corrected chi connectivity index (χ0v) is 12.3. The molecule has 1 aromatic rings. The van der Waals surface area contributed by atoms with Gasteiger partial charge >= 0.3 is 5.97 Å². The summed E-state index contributed by atoms with van der Waals surface area (Å²) in [6.45, 7) is 0. The maximum atomic E-state index is 12.8. The number of fused-ring (bicyclic) bond motifs is 5. The maximum Gasteiger partial charge on any atom is 0.339 e. The number of rotatable bonds is 2. The predicted octanol–water partition coefficient (Wildman–Crippen LogP) is 2.01. The van der Waals surface area contributed by atoms with E-state index < -0.39 is 5.97 Å². The normalized spacial score (nSPS) is 32.5. The van der Waals surface area contributed by atoms with Crippen LogP contribution in [-0.2, 0) is 14.3 Å². The first-order chi connectivity index (χ1) is 10.6. The first-order valence-corrected chi connectivity index (χ1v) is 7.68. The molecule has 3 fully saturated rings. The Bertz CT molecular complexity index is 655. The molecule has 0 unspecified atom stereocenters. The monoisotopic (exact) mass is 299 g/mol. The van der Waals surface area contributed by atoms with Crippen LogP contribution in [0.3, 0.4) is 0 Å². The quantitative estimate of drug-likeness (QED) is 0.619. The van der Waals surface area contributed by atoms with Gasteiger partial charge in [0.15, 0.2) is 0 Å². The van der Waals surface area contributed by atoms with Crippen LogP contribution in [0.25, 0.3) is 0 Å². The van der Waals surface area contributed by atoms with Crippen molar-refractivity contribution in [1.29, 1.82) is 0 Å². The Hall–Kier alpha value is -2.17. The fourth-order valence-electron chi connectivity index (χ4n) is 4.60. The van der Waals surface area contributed by atoms with E-state index >= 15 is 0 Å². The Morgan fingerprint density at radius 2 is 1.68 bits per heavy atom. The van der Waals surface area contributed by atoms with Crippen molar-refractivity contribution in [3.05, 3.63) is 29.8 Å². The minimum absolute atomic E-state index is 0.140. The molecule has 1 aromatic carbocycles. The van der Waals surface area contributed by atoms with Crippen LogP contribution in [-0.4, -0.2) is 24.9 Å². The number of ether oxygens (including phenoxy) is 1. The predicted molar refractivity (Wildman–Crippen MR) is 78.1 cm³/mol. The van der Waals surface area contributed by atoms with Gasteiger partial charge in [-0.25, -0.2) is 9.69 Å². The Kier molecular flexibility index (Phi) is 2.86. The summed E-state index contributed by atoms with van der Waals surface area (Å²) in [6.07, 6.45) is 3.08. The molecule has 2 saturated carbocycles. The van der Waals surface area contributed by atoms with E-state index in [4.69, 9.17) is 4.74 Å². The number of amides is 2. The zero-order valence-electron chi connectivity index (χ0n) is 12.3. The summed E-state index contributed by atoms with van der Waals surface area (Å²) in [6, 6.07) is 6.66. The van der Waals surface area contributed by atoms with Gasteiger partial charge in [-0.15, -0.1) is 0 Å². The highest BCUT2D eigenvalue weighted by atomic mass is 16.5. The lowest BCUT2D eigenvalue weighted by atomic mass is 9.81. The van der Waals surface area contributed by atoms with E-state index in [1.807, 2.05) is 0 Å². The van der Waals surface area contributed by atoms with E-state index in [2.05, 4.69) is 0 Å². The van der Waals surface area contributed by atoms with Crippen LogP contribution in [0.5, 0.6) is 0 Å². The van der Waals surface area contributed by atoms with E-state index in [-0.39, 0.29) is 29.2 Å². The maximum absolute atomic E-state index is 12.8. The summed E-state index contributed by atoms with van der Waals surface area (Å²) in [5, 5.41) is 0. The number of para-hydroxylation sites is 1. The van der Waals surface area contributed by atoms with Gasteiger partial charge in [-0.2, -0.15) is 0 Å². The number of carbonyl (C=O) groups is 3. The van der Waals surface area contributed by atoms with Crippen LogP contribution >= 0.6 is 0 Å². The molecule has 3 aliphatic rings. The number of esters is 1. The van der Waals surface area contributed by atoms with Crippen molar-refractivity contribution in [3.8, 4) is 0 Å². The molecule has 0 N–H and O–H groups in total. The van der Waals surface area contributed by atoms with Gasteiger partial charge in [0.05, 0.1) is 30.2 Å². The number of nitrogens with zero attached hydrogens (tertiary/aromatic N) is 1. The highest BCUT2D eigenvalue weighted by Crippen LogP contribution is 2.56. The first-order valence-electron chi connectivity index (χ1n) is 7.68. The summed E-state index contributed by atoms with van der Waals surface area (Å²) in [5.41, 5.74) is 0.622. The van der Waals surface area contributed by atoms with Gasteiger partial charge < -0.3 is 4.74 Å². The van der Waals surface area contributed by atoms with E-state index in [9.17, 15) is 14.4 Å². The number of methoxy groups -OCH3 is 1. The summed E-state index contributed by atoms with van der Waals surface area (Å²) < 4.78 is 4.77. The van der Waals surface area contributed by atoms with Gasteiger partial charge in [-0.05, 0) is 43.2 Å². The molecule has 0 radical (unpaired) electrons. The van der Waals surface area contributed by atoms with E-state index in [0.29, 0.717) is 17.5 Å². The Morgan fingerprint density at radius 1 is 1.09 bits per heavy atom. The Labute approximate surface area is 128 Å². The van der Waals surface area contributed by atoms with Gasteiger partial charge in [0, 0.05) is 0 Å². The van der Waals surface area contributed by atoms with Crippen LogP contribution in [0.15, 0.2) is 24.3 Å². The highest BCUT2D eigenvalue weighted by Gasteiger charge is 2.61. The lowest BCUT2D eigenvalue weighted by Gasteiger charge is -2.19. The molecule has 4 rings (SSSR count). The fourth-order valence-corrected chi connectivity index (χ4v) is 4.60. The van der Waals surface area contributed by atoms with E-state index in [1.54, 1.807) is 24.3 Å². The van der Waals surface area contributed by atoms with Gasteiger partial charge in [-0.3, -0.25) is 9.59 Å². The standard InChI is InChI=1S/C17H17NO4/c1-22-17(21)11-4-2-3-5-12(11)18-15(19)13-9-6-7-10(8-9)14(13)16(18)20/h2-5,9-10,13-14H,6-8H2,1H3/t9-,10+,13-,14+. The molecule has 1 heterocycles. The number of anilines is 1. The minimum atomic E-state index is -0.531. The van der Waals surface area contributed by atoms with Crippen molar-refractivity contribution in [3.63, 3.8) is 0 Å². The number of carbonyl (C=O) groups excluding carboxylic acids is 3. The molecule has 2 bridgehead atoms. The first kappa shape index (κ1) is 13.5. The molecule has 114 valence electrons. The van der Waals surface area contributed by atoms with Gasteiger partial charge in [0.25, 0.3) is 0 Å². The van der Waals surface area contributed by atoms with Crippen LogP contribution in [0.2, 0.25) is 0 Å². The van der Waals surface area contributed by atoms with Crippen molar-refractivity contribution in [2.24, 2.45) is 23.7 Å². The Morgan fingerprint density at radius 3 is 2.27 bits per heavy atom. The molecule has 1 aliphatic heterocycles. The molecular formula is C17H17NO4. The minimum Gasteiger partial charge on any atom is -0.465 e. The average molecular weight is 299 g/mol. The average Bonchev–Trinajstić information content (AvgIpc) is 3.21. The zero-order chi connectivity index (χ0) is 15.4. The number of hydrogen-bond acceptors (Lipinski definition) is 4. The summed E-state index contributed by atoms with van der Waals surface area (Å²) in [5.74, 6) is -0.509. The van der Waals surface area contributed by atoms with Gasteiger partial charge in [0.1, 0.15) is 0 Å². The largest absolute Gasteiger partial charge is 0.465 e. The molecule has 5 nitrogen and oxygen atoms in total. The van der Waals surface area contributed by atoms with Crippen molar-refractivity contribution < 1.29 is 19.1 Å². The van der Waals surface area contributed by atoms with Crippen LogP contribution in [0.4, 0.5) is 5.69 Å². The van der Waals surface area contributed by atoms with Crippen LogP contribution in [0, 0.1) is 23.7 Å². The topological polar surface area (TPSA) is 63.7 Å². The summed E-state index contributed by atoms with van der Waals surface area (Å²) in [4.78, 5) is 38.8. The lowest BCUT2D eigenvalue weighted by Crippen LogP contribution is -2.34. The van der Waals surface area contributed by atoms with Crippen LogP contribution in [0.1, 0.15) is 29.6 Å².